The number of carbonyl (C=O) groups excluding carboxylic acids is 1. The molecule has 1 heterocycles. The minimum atomic E-state index is -4.84. The Kier molecular flexibility index (Phi) is 4.53. The van der Waals surface area contributed by atoms with Crippen molar-refractivity contribution in [3.63, 3.8) is 0 Å². The Morgan fingerprint density at radius 1 is 1.24 bits per heavy atom. The highest BCUT2D eigenvalue weighted by molar-refractivity contribution is 5.81. The molecule has 0 unspecified atom stereocenters. The Balaban J connectivity index is 1.87. The number of benzene rings is 1. The van der Waals surface area contributed by atoms with Gasteiger partial charge in [0.25, 0.3) is 0 Å². The first-order valence-corrected chi connectivity index (χ1v) is 6.54. The molecule has 0 spiro atoms. The van der Waals surface area contributed by atoms with E-state index in [4.69, 9.17) is 9.47 Å². The van der Waals surface area contributed by atoms with Crippen molar-refractivity contribution in [2.24, 2.45) is 0 Å². The second kappa shape index (κ2) is 6.03. The van der Waals surface area contributed by atoms with E-state index in [1.165, 1.54) is 0 Å². The van der Waals surface area contributed by atoms with Crippen LogP contribution in [0.15, 0.2) is 24.3 Å². The first-order chi connectivity index (χ1) is 9.81. The number of halogens is 3. The molecule has 21 heavy (non-hydrogen) atoms. The zero-order valence-corrected chi connectivity index (χ0v) is 11.5. The van der Waals surface area contributed by atoms with Crippen LogP contribution >= 0.6 is 0 Å². The van der Waals surface area contributed by atoms with Gasteiger partial charge in [-0.05, 0) is 18.9 Å². The summed E-state index contributed by atoms with van der Waals surface area (Å²) in [5, 5.41) is 1.83. The van der Waals surface area contributed by atoms with Crippen LogP contribution in [0.4, 0.5) is 13.2 Å². The number of hydrogen-bond donors (Lipinski definition) is 1. The predicted octanol–water partition coefficient (Wildman–Crippen LogP) is 2.13. The molecular weight excluding hydrogens is 287 g/mol. The molecule has 1 aliphatic heterocycles. The summed E-state index contributed by atoms with van der Waals surface area (Å²) in [5.74, 6) is -2.68. The fraction of sp³-hybridized carbons (Fsp3) is 0.500. The minimum absolute atomic E-state index is 0.0675. The van der Waals surface area contributed by atoms with Crippen LogP contribution in [0.1, 0.15) is 18.1 Å². The quantitative estimate of drug-likeness (QED) is 0.927. The van der Waals surface area contributed by atoms with Gasteiger partial charge in [-0.2, -0.15) is 13.2 Å². The summed E-state index contributed by atoms with van der Waals surface area (Å²) in [5.41, 5.74) is 1.67. The van der Waals surface area contributed by atoms with Crippen molar-refractivity contribution in [2.75, 3.05) is 19.8 Å². The molecule has 0 bridgehead atoms. The topological polar surface area (TPSA) is 47.6 Å². The van der Waals surface area contributed by atoms with Crippen LogP contribution in [0.5, 0.6) is 0 Å². The van der Waals surface area contributed by atoms with Gasteiger partial charge in [-0.15, -0.1) is 0 Å². The molecule has 4 nitrogen and oxygen atoms in total. The highest BCUT2D eigenvalue weighted by Crippen LogP contribution is 2.30. The summed E-state index contributed by atoms with van der Waals surface area (Å²) in [4.78, 5) is 10.7. The van der Waals surface area contributed by atoms with Crippen molar-refractivity contribution < 1.29 is 27.4 Å². The molecule has 0 atom stereocenters. The van der Waals surface area contributed by atoms with E-state index in [2.05, 4.69) is 0 Å². The Labute approximate surface area is 120 Å². The molecule has 1 N–H and O–H groups in total. The van der Waals surface area contributed by atoms with E-state index in [0.717, 1.165) is 11.1 Å². The van der Waals surface area contributed by atoms with Crippen LogP contribution in [-0.4, -0.2) is 31.8 Å². The molecule has 1 aliphatic rings. The first kappa shape index (κ1) is 15.8. The lowest BCUT2D eigenvalue weighted by molar-refractivity contribution is -0.173. The highest BCUT2D eigenvalue weighted by atomic mass is 19.4. The average Bonchev–Trinajstić information content (AvgIpc) is 2.86. The van der Waals surface area contributed by atoms with Crippen LogP contribution in [0.2, 0.25) is 0 Å². The van der Waals surface area contributed by atoms with Crippen molar-refractivity contribution in [1.29, 1.82) is 0 Å². The Hall–Kier alpha value is -1.60. The average molecular weight is 303 g/mol. The van der Waals surface area contributed by atoms with Gasteiger partial charge in [0.05, 0.1) is 13.2 Å². The monoisotopic (exact) mass is 303 g/mol. The number of rotatable bonds is 4. The molecule has 0 aromatic heterocycles. The lowest BCUT2D eigenvalue weighted by Gasteiger charge is -2.22. The van der Waals surface area contributed by atoms with Gasteiger partial charge >= 0.3 is 12.1 Å². The molecule has 0 saturated carbocycles. The second-order valence-corrected chi connectivity index (χ2v) is 4.84. The van der Waals surface area contributed by atoms with E-state index < -0.39 is 17.9 Å². The van der Waals surface area contributed by atoms with Gasteiger partial charge < -0.3 is 14.8 Å². The maximum Gasteiger partial charge on any atom is 0.471 e. The van der Waals surface area contributed by atoms with Crippen LogP contribution in [0.3, 0.4) is 0 Å². The van der Waals surface area contributed by atoms with Crippen molar-refractivity contribution in [3.05, 3.63) is 35.4 Å². The normalized spacial score (nSPS) is 17.7. The molecule has 1 saturated heterocycles. The van der Waals surface area contributed by atoms with Crippen molar-refractivity contribution in [3.8, 4) is 0 Å². The third-order valence-electron chi connectivity index (χ3n) is 3.27. The van der Waals surface area contributed by atoms with Gasteiger partial charge in [0, 0.05) is 12.1 Å². The molecule has 1 aromatic rings. The van der Waals surface area contributed by atoms with Gasteiger partial charge in [-0.25, -0.2) is 0 Å². The lowest BCUT2D eigenvalue weighted by atomic mass is 10.0. The van der Waals surface area contributed by atoms with Crippen molar-refractivity contribution >= 4 is 5.91 Å². The maximum atomic E-state index is 12.0. The summed E-state index contributed by atoms with van der Waals surface area (Å²) in [6, 6.07) is 7.19. The maximum absolute atomic E-state index is 12.0. The summed E-state index contributed by atoms with van der Waals surface area (Å²) >= 11 is 0. The van der Waals surface area contributed by atoms with Crippen molar-refractivity contribution in [1.82, 2.24) is 5.32 Å². The SMILES string of the molecule is CC1(c2ccc(CCNC(=O)C(F)(F)F)cc2)OCCO1. The lowest BCUT2D eigenvalue weighted by Crippen LogP contribution is -2.37. The van der Waals surface area contributed by atoms with Gasteiger partial charge in [0.15, 0.2) is 5.79 Å². The Morgan fingerprint density at radius 2 is 1.81 bits per heavy atom. The fourth-order valence-electron chi connectivity index (χ4n) is 2.08. The van der Waals surface area contributed by atoms with Crippen LogP contribution in [0, 0.1) is 0 Å². The molecule has 2 rings (SSSR count). The van der Waals surface area contributed by atoms with Crippen LogP contribution < -0.4 is 5.32 Å². The van der Waals surface area contributed by atoms with Gasteiger partial charge in [0.2, 0.25) is 0 Å². The van der Waals surface area contributed by atoms with Crippen LogP contribution in [0.25, 0.3) is 0 Å². The number of nitrogens with one attached hydrogen (secondary N) is 1. The molecule has 1 fully saturated rings. The molecule has 0 aliphatic carbocycles. The minimum Gasteiger partial charge on any atom is -0.348 e. The summed E-state index contributed by atoms with van der Waals surface area (Å²) in [6.07, 6.45) is -4.52. The smallest absolute Gasteiger partial charge is 0.348 e. The molecule has 0 radical (unpaired) electrons. The zero-order chi connectivity index (χ0) is 15.5. The summed E-state index contributed by atoms with van der Waals surface area (Å²) in [6.45, 7) is 2.81. The highest BCUT2D eigenvalue weighted by Gasteiger charge is 2.38. The van der Waals surface area contributed by atoms with E-state index in [0.29, 0.717) is 19.6 Å². The number of amides is 1. The third-order valence-corrected chi connectivity index (χ3v) is 3.27. The predicted molar refractivity (Wildman–Crippen MR) is 68.5 cm³/mol. The standard InChI is InChI=1S/C14H16F3NO3/c1-13(20-8-9-21-13)11-4-2-10(3-5-11)6-7-18-12(19)14(15,16)17/h2-5H,6-9H2,1H3,(H,18,19). The van der Waals surface area contributed by atoms with E-state index in [-0.39, 0.29) is 6.54 Å². The molecule has 7 heteroatoms. The van der Waals surface area contributed by atoms with E-state index in [9.17, 15) is 18.0 Å². The number of ether oxygens (including phenoxy) is 2. The summed E-state index contributed by atoms with van der Waals surface area (Å²) in [7, 11) is 0. The van der Waals surface area contributed by atoms with Gasteiger partial charge in [-0.1, -0.05) is 24.3 Å². The Bertz CT molecular complexity index is 493. The summed E-state index contributed by atoms with van der Waals surface area (Å²) < 4.78 is 47.0. The largest absolute Gasteiger partial charge is 0.471 e. The molecular formula is C14H16F3NO3. The third kappa shape index (κ3) is 3.95. The molecule has 1 aromatic carbocycles. The van der Waals surface area contributed by atoms with Crippen LogP contribution in [-0.2, 0) is 26.5 Å². The number of hydrogen-bond acceptors (Lipinski definition) is 3. The van der Waals surface area contributed by atoms with Crippen molar-refractivity contribution in [2.45, 2.75) is 25.3 Å². The van der Waals surface area contributed by atoms with E-state index in [1.54, 1.807) is 12.1 Å². The fourth-order valence-corrected chi connectivity index (χ4v) is 2.08. The zero-order valence-electron chi connectivity index (χ0n) is 11.5. The van der Waals surface area contributed by atoms with Gasteiger partial charge in [0.1, 0.15) is 0 Å². The van der Waals surface area contributed by atoms with E-state index in [1.807, 2.05) is 24.4 Å². The Morgan fingerprint density at radius 3 is 2.33 bits per heavy atom. The second-order valence-electron chi connectivity index (χ2n) is 4.84. The first-order valence-electron chi connectivity index (χ1n) is 6.54. The number of alkyl halides is 3. The molecule has 116 valence electrons. The van der Waals surface area contributed by atoms with Gasteiger partial charge in [-0.3, -0.25) is 4.79 Å². The molecule has 1 amide bonds. The van der Waals surface area contributed by atoms with E-state index >= 15 is 0 Å². The number of carbonyl (C=O) groups is 1.